The minimum absolute atomic E-state index is 0.178. The van der Waals surface area contributed by atoms with Crippen LogP contribution in [-0.2, 0) is 0 Å². The summed E-state index contributed by atoms with van der Waals surface area (Å²) in [7, 11) is 0. The largest absolute Gasteiger partial charge is 0.451 e. The van der Waals surface area contributed by atoms with Gasteiger partial charge in [0.05, 0.1) is 4.47 Å². The number of carbonyl (C=O) groups excluding carboxylic acids is 1. The molecule has 0 N–H and O–H groups in total. The van der Waals surface area contributed by atoms with Crippen LogP contribution >= 0.6 is 27.3 Å². The first-order valence-electron chi connectivity index (χ1n) is 4.88. The van der Waals surface area contributed by atoms with Crippen LogP contribution in [0.15, 0.2) is 44.7 Å². The summed E-state index contributed by atoms with van der Waals surface area (Å²) in [6.07, 6.45) is 1.61. The van der Waals surface area contributed by atoms with Crippen LogP contribution in [0.2, 0.25) is 0 Å². The number of carbonyl (C=O) groups is 1. The highest BCUT2D eigenvalue weighted by Gasteiger charge is 2.17. The Morgan fingerprint density at radius 1 is 1.41 bits per heavy atom. The molecule has 17 heavy (non-hydrogen) atoms. The molecule has 0 atom stereocenters. The number of halogens is 1. The Morgan fingerprint density at radius 2 is 2.29 bits per heavy atom. The van der Waals surface area contributed by atoms with E-state index in [9.17, 15) is 4.79 Å². The molecule has 0 unspecified atom stereocenters. The quantitative estimate of drug-likeness (QED) is 0.675. The van der Waals surface area contributed by atoms with Crippen molar-refractivity contribution in [2.45, 2.75) is 0 Å². The summed E-state index contributed by atoms with van der Waals surface area (Å²) in [6, 6.07) is 7.43. The number of aromatic nitrogens is 1. The average molecular weight is 308 g/mol. The molecule has 3 nitrogen and oxygen atoms in total. The van der Waals surface area contributed by atoms with Crippen LogP contribution in [0.4, 0.5) is 0 Å². The summed E-state index contributed by atoms with van der Waals surface area (Å²) in [5, 5.41) is 3.12. The predicted molar refractivity (Wildman–Crippen MR) is 69.5 cm³/mol. The van der Waals surface area contributed by atoms with Crippen LogP contribution in [-0.4, -0.2) is 10.8 Å². The van der Waals surface area contributed by atoms with Crippen LogP contribution in [0.1, 0.15) is 15.6 Å². The Kier molecular flexibility index (Phi) is 2.57. The Balaban J connectivity index is 2.13. The first kappa shape index (κ1) is 10.7. The maximum absolute atomic E-state index is 12.0. The Bertz CT molecular complexity index is 688. The number of benzene rings is 1. The molecule has 0 aliphatic heterocycles. The van der Waals surface area contributed by atoms with E-state index in [-0.39, 0.29) is 5.78 Å². The molecule has 0 radical (unpaired) electrons. The van der Waals surface area contributed by atoms with Crippen molar-refractivity contribution < 1.29 is 9.21 Å². The van der Waals surface area contributed by atoms with E-state index < -0.39 is 0 Å². The number of para-hydroxylation sites is 1. The van der Waals surface area contributed by atoms with Gasteiger partial charge < -0.3 is 4.42 Å². The fourth-order valence-electron chi connectivity index (χ4n) is 1.58. The van der Waals surface area contributed by atoms with Crippen LogP contribution in [0.3, 0.4) is 0 Å². The second-order valence-corrected chi connectivity index (χ2v) is 5.18. The van der Waals surface area contributed by atoms with E-state index >= 15 is 0 Å². The SMILES string of the molecule is O=C(c1cc2cccc(Br)c2o1)c1nccs1. The van der Waals surface area contributed by atoms with Crippen molar-refractivity contribution in [3.05, 3.63) is 51.1 Å². The van der Waals surface area contributed by atoms with Gasteiger partial charge in [-0.05, 0) is 28.1 Å². The number of hydrogen-bond acceptors (Lipinski definition) is 4. The minimum atomic E-state index is -0.178. The van der Waals surface area contributed by atoms with Crippen LogP contribution in [0.5, 0.6) is 0 Å². The molecule has 0 bridgehead atoms. The molecular formula is C12H6BrNO2S. The average Bonchev–Trinajstić information content (AvgIpc) is 2.98. The monoisotopic (exact) mass is 307 g/mol. The van der Waals surface area contributed by atoms with E-state index in [1.807, 2.05) is 18.2 Å². The number of thiazole rings is 1. The van der Waals surface area contributed by atoms with Crippen molar-refractivity contribution in [2.75, 3.05) is 0 Å². The first-order valence-corrected chi connectivity index (χ1v) is 6.55. The fraction of sp³-hybridized carbons (Fsp3) is 0. The molecule has 3 rings (SSSR count). The zero-order valence-corrected chi connectivity index (χ0v) is 10.9. The number of rotatable bonds is 2. The molecule has 84 valence electrons. The molecule has 0 saturated heterocycles. The lowest BCUT2D eigenvalue weighted by Gasteiger charge is -1.91. The lowest BCUT2D eigenvalue weighted by molar-refractivity contribution is 0.101. The predicted octanol–water partition coefficient (Wildman–Crippen LogP) is 3.88. The fourth-order valence-corrected chi connectivity index (χ4v) is 2.62. The van der Waals surface area contributed by atoms with Gasteiger partial charge in [0.1, 0.15) is 5.58 Å². The number of ketones is 1. The summed E-state index contributed by atoms with van der Waals surface area (Å²) in [5.74, 6) is 0.143. The van der Waals surface area contributed by atoms with Crippen molar-refractivity contribution in [3.8, 4) is 0 Å². The van der Waals surface area contributed by atoms with Gasteiger partial charge in [0.2, 0.25) is 0 Å². The van der Waals surface area contributed by atoms with E-state index in [2.05, 4.69) is 20.9 Å². The molecule has 0 aliphatic rings. The summed E-state index contributed by atoms with van der Waals surface area (Å²) in [4.78, 5) is 16.0. The molecule has 1 aromatic carbocycles. The molecule has 0 spiro atoms. The highest BCUT2D eigenvalue weighted by Crippen LogP contribution is 2.28. The number of fused-ring (bicyclic) bond motifs is 1. The van der Waals surface area contributed by atoms with Gasteiger partial charge >= 0.3 is 0 Å². The van der Waals surface area contributed by atoms with Crippen molar-refractivity contribution in [2.24, 2.45) is 0 Å². The van der Waals surface area contributed by atoms with Crippen LogP contribution in [0, 0.1) is 0 Å². The zero-order valence-electron chi connectivity index (χ0n) is 8.51. The molecule has 2 heterocycles. The van der Waals surface area contributed by atoms with E-state index in [0.717, 1.165) is 9.86 Å². The molecule has 0 amide bonds. The third-order valence-corrected chi connectivity index (χ3v) is 3.74. The Hall–Kier alpha value is -1.46. The van der Waals surface area contributed by atoms with Gasteiger partial charge in [0, 0.05) is 17.0 Å². The lowest BCUT2D eigenvalue weighted by atomic mass is 10.2. The van der Waals surface area contributed by atoms with Crippen LogP contribution in [0.25, 0.3) is 11.0 Å². The molecular weight excluding hydrogens is 302 g/mol. The van der Waals surface area contributed by atoms with Crippen LogP contribution < -0.4 is 0 Å². The van der Waals surface area contributed by atoms with Gasteiger partial charge in [-0.1, -0.05) is 12.1 Å². The maximum Gasteiger partial charge on any atom is 0.256 e. The number of nitrogens with zero attached hydrogens (tertiary/aromatic N) is 1. The normalized spacial score (nSPS) is 10.9. The molecule has 5 heteroatoms. The second kappa shape index (κ2) is 4.09. The van der Waals surface area contributed by atoms with Crippen molar-refractivity contribution in [1.29, 1.82) is 0 Å². The summed E-state index contributed by atoms with van der Waals surface area (Å²) in [6.45, 7) is 0. The first-order chi connectivity index (χ1) is 8.25. The minimum Gasteiger partial charge on any atom is -0.451 e. The van der Waals surface area contributed by atoms with E-state index in [1.54, 1.807) is 17.6 Å². The van der Waals surface area contributed by atoms with Crippen molar-refractivity contribution >= 4 is 44.0 Å². The highest BCUT2D eigenvalue weighted by atomic mass is 79.9. The summed E-state index contributed by atoms with van der Waals surface area (Å²) >= 11 is 4.70. The van der Waals surface area contributed by atoms with Gasteiger partial charge in [-0.15, -0.1) is 11.3 Å². The van der Waals surface area contributed by atoms with Gasteiger partial charge in [-0.2, -0.15) is 0 Å². The highest BCUT2D eigenvalue weighted by molar-refractivity contribution is 9.10. The van der Waals surface area contributed by atoms with Gasteiger partial charge in [-0.3, -0.25) is 4.79 Å². The maximum atomic E-state index is 12.0. The van der Waals surface area contributed by atoms with Gasteiger partial charge in [-0.25, -0.2) is 4.98 Å². The summed E-state index contributed by atoms with van der Waals surface area (Å²) in [5.41, 5.74) is 0.687. The molecule has 0 aliphatic carbocycles. The van der Waals surface area contributed by atoms with Gasteiger partial charge in [0.15, 0.2) is 10.8 Å². The van der Waals surface area contributed by atoms with E-state index in [0.29, 0.717) is 16.4 Å². The second-order valence-electron chi connectivity index (χ2n) is 3.44. The number of furan rings is 1. The third-order valence-electron chi connectivity index (χ3n) is 2.35. The van der Waals surface area contributed by atoms with E-state index in [1.165, 1.54) is 11.3 Å². The third kappa shape index (κ3) is 1.81. The van der Waals surface area contributed by atoms with Gasteiger partial charge in [0.25, 0.3) is 5.78 Å². The zero-order chi connectivity index (χ0) is 11.8. The topological polar surface area (TPSA) is 43.1 Å². The number of hydrogen-bond donors (Lipinski definition) is 0. The lowest BCUT2D eigenvalue weighted by Crippen LogP contribution is -1.97. The molecule has 0 fully saturated rings. The Labute approximate surface area is 109 Å². The standard InChI is InChI=1S/C12H6BrNO2S/c13-8-3-1-2-7-6-9(16-11(7)8)10(15)12-14-4-5-17-12/h1-6H. The molecule has 2 aromatic heterocycles. The molecule has 0 saturated carbocycles. The summed E-state index contributed by atoms with van der Waals surface area (Å²) < 4.78 is 6.40. The van der Waals surface area contributed by atoms with Crippen molar-refractivity contribution in [1.82, 2.24) is 4.98 Å². The van der Waals surface area contributed by atoms with Crippen molar-refractivity contribution in [3.63, 3.8) is 0 Å². The Morgan fingerprint density at radius 3 is 3.00 bits per heavy atom. The molecule has 3 aromatic rings. The smallest absolute Gasteiger partial charge is 0.256 e. The van der Waals surface area contributed by atoms with E-state index in [4.69, 9.17) is 4.42 Å².